The lowest BCUT2D eigenvalue weighted by atomic mass is 9.96. The van der Waals surface area contributed by atoms with Gasteiger partial charge in [0.25, 0.3) is 5.91 Å². The van der Waals surface area contributed by atoms with Crippen molar-refractivity contribution in [3.63, 3.8) is 0 Å². The number of carbonyl (C=O) groups excluding carboxylic acids is 2. The zero-order valence-corrected chi connectivity index (χ0v) is 18.1. The molecule has 1 amide bonds. The highest BCUT2D eigenvalue weighted by Crippen LogP contribution is 2.34. The molecule has 2 unspecified atom stereocenters. The number of benzene rings is 2. The average Bonchev–Trinajstić information content (AvgIpc) is 3.01. The lowest BCUT2D eigenvalue weighted by molar-refractivity contribution is -0.141. The first-order valence-electron chi connectivity index (χ1n) is 9.76. The van der Waals surface area contributed by atoms with E-state index >= 15 is 0 Å². The van der Waals surface area contributed by atoms with Crippen molar-refractivity contribution < 1.29 is 24.6 Å². The van der Waals surface area contributed by atoms with Gasteiger partial charge in [-0.15, -0.1) is 0 Å². The summed E-state index contributed by atoms with van der Waals surface area (Å²) in [5, 5.41) is 22.7. The molecule has 3 N–H and O–H groups in total. The average molecular weight is 443 g/mol. The summed E-state index contributed by atoms with van der Waals surface area (Å²) in [5.74, 6) is -3.08. The molecule has 1 aromatic heterocycles. The summed E-state index contributed by atoms with van der Waals surface area (Å²) in [6.45, 7) is 4.91. The van der Waals surface area contributed by atoms with E-state index in [4.69, 9.17) is 16.7 Å². The maximum atomic E-state index is 13.3. The molecule has 1 heterocycles. The van der Waals surface area contributed by atoms with Gasteiger partial charge in [-0.25, -0.2) is 0 Å². The zero-order chi connectivity index (χ0) is 22.9. The molecule has 0 saturated heterocycles. The van der Waals surface area contributed by atoms with Crippen LogP contribution in [0.1, 0.15) is 41.4 Å². The minimum absolute atomic E-state index is 0.00760. The fourth-order valence-corrected chi connectivity index (χ4v) is 3.81. The summed E-state index contributed by atoms with van der Waals surface area (Å²) in [7, 11) is 0. The number of rotatable bonds is 6. The Kier molecular flexibility index (Phi) is 6.36. The molecule has 2 atom stereocenters. The standard InChI is InChI=1S/C23H23ClN2O5/c1-12(23(30)31)11-25-21(28)13(2)20-14(3)26(19-8-7-17(27)10-18(19)20)22(29)15-5-4-6-16(24)9-15/h4-10,12-13,27H,11H2,1-3H3,(H,25,28)(H,30,31). The number of aromatic nitrogens is 1. The second-order valence-electron chi connectivity index (χ2n) is 7.56. The molecule has 162 valence electrons. The van der Waals surface area contributed by atoms with Crippen molar-refractivity contribution in [3.8, 4) is 5.75 Å². The normalized spacial score (nSPS) is 13.0. The zero-order valence-electron chi connectivity index (χ0n) is 17.3. The van der Waals surface area contributed by atoms with Crippen LogP contribution in [0.5, 0.6) is 5.75 Å². The van der Waals surface area contributed by atoms with Gasteiger partial charge in [0.1, 0.15) is 5.75 Å². The van der Waals surface area contributed by atoms with Crippen molar-refractivity contribution in [2.75, 3.05) is 6.54 Å². The summed E-state index contributed by atoms with van der Waals surface area (Å²) in [5.41, 5.74) is 2.08. The maximum Gasteiger partial charge on any atom is 0.308 e. The molecule has 0 aliphatic carbocycles. The van der Waals surface area contributed by atoms with E-state index in [1.165, 1.54) is 23.6 Å². The number of nitrogens with one attached hydrogen (secondary N) is 1. The fourth-order valence-electron chi connectivity index (χ4n) is 3.61. The van der Waals surface area contributed by atoms with Crippen molar-refractivity contribution in [3.05, 3.63) is 64.3 Å². The van der Waals surface area contributed by atoms with Crippen LogP contribution < -0.4 is 5.32 Å². The molecule has 0 bridgehead atoms. The van der Waals surface area contributed by atoms with E-state index in [9.17, 15) is 19.5 Å². The van der Waals surface area contributed by atoms with Gasteiger partial charge in [0.05, 0.1) is 17.4 Å². The first-order valence-corrected chi connectivity index (χ1v) is 10.1. The van der Waals surface area contributed by atoms with E-state index < -0.39 is 17.8 Å². The SMILES string of the molecule is Cc1c(C(C)C(=O)NCC(C)C(=O)O)c2cc(O)ccc2n1C(=O)c1cccc(Cl)c1. The third kappa shape index (κ3) is 4.41. The van der Waals surface area contributed by atoms with Crippen molar-refractivity contribution in [2.24, 2.45) is 5.92 Å². The number of hydrogen-bond donors (Lipinski definition) is 3. The van der Waals surface area contributed by atoms with Crippen molar-refractivity contribution >= 4 is 40.3 Å². The number of amides is 1. The van der Waals surface area contributed by atoms with E-state index in [0.29, 0.717) is 32.7 Å². The van der Waals surface area contributed by atoms with Crippen LogP contribution in [-0.4, -0.2) is 39.1 Å². The highest BCUT2D eigenvalue weighted by molar-refractivity contribution is 6.31. The van der Waals surface area contributed by atoms with Crippen LogP contribution in [0, 0.1) is 12.8 Å². The monoisotopic (exact) mass is 442 g/mol. The van der Waals surface area contributed by atoms with Gasteiger partial charge >= 0.3 is 5.97 Å². The fraction of sp³-hybridized carbons (Fsp3) is 0.261. The number of halogens is 1. The number of carbonyl (C=O) groups is 3. The van der Waals surface area contributed by atoms with Gasteiger partial charge in [-0.1, -0.05) is 24.6 Å². The van der Waals surface area contributed by atoms with E-state index in [2.05, 4.69) is 5.32 Å². The molecule has 0 aliphatic heterocycles. The Morgan fingerprint density at radius 1 is 1.13 bits per heavy atom. The molecule has 3 rings (SSSR count). The summed E-state index contributed by atoms with van der Waals surface area (Å²) in [6, 6.07) is 11.2. The summed E-state index contributed by atoms with van der Waals surface area (Å²) in [4.78, 5) is 37.1. The number of phenols is 1. The highest BCUT2D eigenvalue weighted by atomic mass is 35.5. The molecule has 2 aromatic carbocycles. The lowest BCUT2D eigenvalue weighted by Crippen LogP contribution is -2.34. The van der Waals surface area contributed by atoms with Gasteiger partial charge in [0, 0.05) is 28.2 Å². The molecule has 31 heavy (non-hydrogen) atoms. The van der Waals surface area contributed by atoms with Gasteiger partial charge in [-0.2, -0.15) is 0 Å². The summed E-state index contributed by atoms with van der Waals surface area (Å²) in [6.07, 6.45) is 0. The second-order valence-corrected chi connectivity index (χ2v) is 7.99. The van der Waals surface area contributed by atoms with Crippen LogP contribution in [0.15, 0.2) is 42.5 Å². The van der Waals surface area contributed by atoms with Gasteiger partial charge in [0.15, 0.2) is 0 Å². The van der Waals surface area contributed by atoms with Crippen molar-refractivity contribution in [1.29, 1.82) is 0 Å². The second kappa shape index (κ2) is 8.81. The number of aliphatic carboxylic acids is 1. The number of aromatic hydroxyl groups is 1. The van der Waals surface area contributed by atoms with Crippen molar-refractivity contribution in [2.45, 2.75) is 26.7 Å². The van der Waals surface area contributed by atoms with E-state index in [1.54, 1.807) is 44.2 Å². The van der Waals surface area contributed by atoms with Gasteiger partial charge < -0.3 is 15.5 Å². The molecule has 8 heteroatoms. The predicted molar refractivity (Wildman–Crippen MR) is 118 cm³/mol. The Bertz CT molecular complexity index is 1180. The first-order chi connectivity index (χ1) is 14.6. The summed E-state index contributed by atoms with van der Waals surface area (Å²) >= 11 is 6.05. The molecule has 0 spiro atoms. The number of phenolic OH excluding ortho intramolecular Hbond substituents is 1. The maximum absolute atomic E-state index is 13.3. The van der Waals surface area contributed by atoms with Crippen LogP contribution in [-0.2, 0) is 9.59 Å². The third-order valence-electron chi connectivity index (χ3n) is 5.34. The van der Waals surface area contributed by atoms with Crippen molar-refractivity contribution in [1.82, 2.24) is 9.88 Å². The molecule has 0 fully saturated rings. The van der Waals surface area contributed by atoms with Crippen LogP contribution in [0.2, 0.25) is 5.02 Å². The lowest BCUT2D eigenvalue weighted by Gasteiger charge is -2.15. The van der Waals surface area contributed by atoms with Crippen LogP contribution in [0.4, 0.5) is 0 Å². The Hall–Kier alpha value is -3.32. The number of carboxylic acids is 1. The minimum Gasteiger partial charge on any atom is -0.508 e. The Balaban J connectivity index is 2.07. The van der Waals surface area contributed by atoms with Gasteiger partial charge in [-0.3, -0.25) is 19.0 Å². The smallest absolute Gasteiger partial charge is 0.308 e. The number of nitrogens with zero attached hydrogens (tertiary/aromatic N) is 1. The number of carboxylic acid groups (broad SMARTS) is 1. The molecular weight excluding hydrogens is 420 g/mol. The Morgan fingerprint density at radius 3 is 2.48 bits per heavy atom. The molecule has 3 aromatic rings. The summed E-state index contributed by atoms with van der Waals surface area (Å²) < 4.78 is 1.50. The Labute approximate surface area is 184 Å². The predicted octanol–water partition coefficient (Wildman–Crippen LogP) is 3.94. The van der Waals surface area contributed by atoms with E-state index in [0.717, 1.165) is 0 Å². The number of hydrogen-bond acceptors (Lipinski definition) is 4. The third-order valence-corrected chi connectivity index (χ3v) is 5.58. The number of fused-ring (bicyclic) bond motifs is 1. The highest BCUT2D eigenvalue weighted by Gasteiger charge is 2.27. The van der Waals surface area contributed by atoms with E-state index in [-0.39, 0.29) is 24.1 Å². The van der Waals surface area contributed by atoms with Gasteiger partial charge in [0.2, 0.25) is 5.91 Å². The molecule has 0 radical (unpaired) electrons. The topological polar surface area (TPSA) is 109 Å². The van der Waals surface area contributed by atoms with Gasteiger partial charge in [-0.05, 0) is 55.8 Å². The van der Waals surface area contributed by atoms with Crippen LogP contribution >= 0.6 is 11.6 Å². The van der Waals surface area contributed by atoms with Crippen LogP contribution in [0.25, 0.3) is 10.9 Å². The minimum atomic E-state index is -1.00. The largest absolute Gasteiger partial charge is 0.508 e. The Morgan fingerprint density at radius 2 is 1.84 bits per heavy atom. The molecule has 0 saturated carbocycles. The molecule has 0 aliphatic rings. The van der Waals surface area contributed by atoms with Crippen LogP contribution in [0.3, 0.4) is 0 Å². The van der Waals surface area contributed by atoms with E-state index in [1.807, 2.05) is 0 Å². The first kappa shape index (κ1) is 22.4. The molecule has 7 nitrogen and oxygen atoms in total. The quantitative estimate of drug-likeness (QED) is 0.535. The molecular formula is C23H23ClN2O5.